The summed E-state index contributed by atoms with van der Waals surface area (Å²) < 4.78 is 4.87. The number of carbonyl (C=O) groups excluding carboxylic acids is 4. The van der Waals surface area contributed by atoms with Crippen LogP contribution in [-0.4, -0.2) is 57.2 Å². The number of hydrogen-bond acceptors (Lipinski definition) is 7. The van der Waals surface area contributed by atoms with Crippen LogP contribution in [0.15, 0.2) is 41.6 Å². The summed E-state index contributed by atoms with van der Waals surface area (Å²) in [6, 6.07) is 7.29. The Kier molecular flexibility index (Phi) is 5.50. The molecule has 10 heteroatoms. The standard InChI is InChI=1S/C18H16N2O7S/c1-9(22)11-7-28-17-12(16(24)20(17)13(11)18(25)26)19-15(23)14(27-8-21)10-5-3-2-4-6-10/h2-6,8,12,14,17H,7H2,1H3,(H,19,23)(H,25,26)/t12?,14?,17-/m1/s1. The smallest absolute Gasteiger partial charge is 0.353 e. The van der Waals surface area contributed by atoms with Crippen molar-refractivity contribution in [2.45, 2.75) is 24.4 Å². The third-order valence-corrected chi connectivity index (χ3v) is 5.71. The lowest BCUT2D eigenvalue weighted by molar-refractivity contribution is -0.154. The molecule has 3 atom stereocenters. The Morgan fingerprint density at radius 1 is 1.32 bits per heavy atom. The van der Waals surface area contributed by atoms with Gasteiger partial charge in [0.25, 0.3) is 18.3 Å². The molecule has 0 bridgehead atoms. The zero-order valence-electron chi connectivity index (χ0n) is 14.7. The van der Waals surface area contributed by atoms with Gasteiger partial charge in [0, 0.05) is 16.9 Å². The van der Waals surface area contributed by atoms with Crippen molar-refractivity contribution in [1.82, 2.24) is 10.2 Å². The van der Waals surface area contributed by atoms with Crippen LogP contribution in [0.25, 0.3) is 0 Å². The lowest BCUT2D eigenvalue weighted by Gasteiger charge is -2.49. The first kappa shape index (κ1) is 19.6. The molecule has 2 heterocycles. The van der Waals surface area contributed by atoms with Crippen LogP contribution in [0.3, 0.4) is 0 Å². The van der Waals surface area contributed by atoms with Gasteiger partial charge >= 0.3 is 5.97 Å². The van der Waals surface area contributed by atoms with Crippen LogP contribution < -0.4 is 5.32 Å². The van der Waals surface area contributed by atoms with Crippen molar-refractivity contribution >= 4 is 41.8 Å². The summed E-state index contributed by atoms with van der Waals surface area (Å²) >= 11 is 1.18. The van der Waals surface area contributed by atoms with Gasteiger partial charge in [-0.15, -0.1) is 11.8 Å². The first-order valence-corrected chi connectivity index (χ1v) is 9.28. The number of nitrogens with zero attached hydrogens (tertiary/aromatic N) is 1. The summed E-state index contributed by atoms with van der Waals surface area (Å²) in [6.07, 6.45) is -1.24. The maximum Gasteiger partial charge on any atom is 0.353 e. The zero-order chi connectivity index (χ0) is 20.4. The number of amides is 2. The van der Waals surface area contributed by atoms with Crippen molar-refractivity contribution < 1.29 is 33.8 Å². The Morgan fingerprint density at radius 2 is 2.00 bits per heavy atom. The van der Waals surface area contributed by atoms with Crippen LogP contribution in [0.4, 0.5) is 0 Å². The molecule has 1 aromatic carbocycles. The SMILES string of the molecule is CC(=O)C1=C(C(=O)O)N2C(=O)C(NC(=O)C(OC=O)c3ccccc3)[C@H]2SC1. The number of rotatable bonds is 7. The van der Waals surface area contributed by atoms with Crippen molar-refractivity contribution in [3.63, 3.8) is 0 Å². The zero-order valence-corrected chi connectivity index (χ0v) is 15.5. The van der Waals surface area contributed by atoms with Gasteiger partial charge in [0.2, 0.25) is 6.10 Å². The lowest BCUT2D eigenvalue weighted by atomic mass is 10.0. The fraction of sp³-hybridized carbons (Fsp3) is 0.278. The summed E-state index contributed by atoms with van der Waals surface area (Å²) in [5.74, 6) is -3.02. The van der Waals surface area contributed by atoms with Crippen molar-refractivity contribution in [1.29, 1.82) is 0 Å². The Bertz CT molecular complexity index is 883. The minimum Gasteiger partial charge on any atom is -0.477 e. The number of carbonyl (C=O) groups is 5. The summed E-state index contributed by atoms with van der Waals surface area (Å²) in [5.41, 5.74) is 0.130. The fourth-order valence-electron chi connectivity index (χ4n) is 3.09. The van der Waals surface area contributed by atoms with E-state index in [1.54, 1.807) is 30.3 Å². The maximum atomic E-state index is 12.6. The van der Waals surface area contributed by atoms with Crippen LogP contribution in [0, 0.1) is 0 Å². The highest BCUT2D eigenvalue weighted by molar-refractivity contribution is 8.00. The number of β-lactam (4-membered cyclic amide) rings is 1. The molecule has 2 aliphatic rings. The second-order valence-electron chi connectivity index (χ2n) is 6.11. The first-order valence-electron chi connectivity index (χ1n) is 8.23. The van der Waals surface area contributed by atoms with E-state index < -0.39 is 41.1 Å². The van der Waals surface area contributed by atoms with Crippen molar-refractivity contribution in [3.8, 4) is 0 Å². The van der Waals surface area contributed by atoms with E-state index in [4.69, 9.17) is 4.74 Å². The Labute approximate surface area is 163 Å². The molecule has 9 nitrogen and oxygen atoms in total. The predicted octanol–water partition coefficient (Wildman–Crippen LogP) is 0.228. The van der Waals surface area contributed by atoms with E-state index in [9.17, 15) is 29.1 Å². The molecule has 2 N–H and O–H groups in total. The van der Waals surface area contributed by atoms with Crippen LogP contribution in [-0.2, 0) is 28.7 Å². The highest BCUT2D eigenvalue weighted by atomic mass is 32.2. The van der Waals surface area contributed by atoms with Gasteiger partial charge in [0.05, 0.1) is 0 Å². The molecule has 0 aromatic heterocycles. The Balaban J connectivity index is 1.79. The van der Waals surface area contributed by atoms with Crippen LogP contribution in [0.1, 0.15) is 18.6 Å². The molecule has 0 radical (unpaired) electrons. The number of benzene rings is 1. The predicted molar refractivity (Wildman–Crippen MR) is 96.7 cm³/mol. The molecular weight excluding hydrogens is 388 g/mol. The third kappa shape index (κ3) is 3.38. The van der Waals surface area contributed by atoms with Crippen molar-refractivity contribution in [2.75, 3.05) is 5.75 Å². The molecule has 2 aliphatic heterocycles. The van der Waals surface area contributed by atoms with E-state index in [0.29, 0.717) is 5.56 Å². The van der Waals surface area contributed by atoms with Crippen molar-refractivity contribution in [2.24, 2.45) is 0 Å². The Morgan fingerprint density at radius 3 is 2.57 bits per heavy atom. The van der Waals surface area contributed by atoms with Gasteiger partial charge in [0.15, 0.2) is 5.78 Å². The van der Waals surface area contributed by atoms with Gasteiger partial charge < -0.3 is 15.2 Å². The van der Waals surface area contributed by atoms with Crippen LogP contribution >= 0.6 is 11.8 Å². The quantitative estimate of drug-likeness (QED) is 0.488. The highest BCUT2D eigenvalue weighted by Crippen LogP contribution is 2.40. The first-order chi connectivity index (χ1) is 13.4. The number of carboxylic acid groups (broad SMARTS) is 1. The molecular formula is C18H16N2O7S. The molecule has 2 amide bonds. The number of Topliss-reactive ketones (excluding diaryl/α,β-unsaturated/α-hetero) is 1. The van der Waals surface area contributed by atoms with Crippen LogP contribution in [0.5, 0.6) is 0 Å². The molecule has 2 unspecified atom stereocenters. The number of fused-ring (bicyclic) bond motifs is 1. The summed E-state index contributed by atoms with van der Waals surface area (Å²) in [5, 5.41) is 11.3. The highest BCUT2D eigenvalue weighted by Gasteiger charge is 2.55. The van der Waals surface area contributed by atoms with E-state index in [1.807, 2.05) is 0 Å². The number of thioether (sulfide) groups is 1. The van der Waals surface area contributed by atoms with Gasteiger partial charge in [-0.1, -0.05) is 30.3 Å². The summed E-state index contributed by atoms with van der Waals surface area (Å²) in [4.78, 5) is 60.1. The second-order valence-corrected chi connectivity index (χ2v) is 7.21. The third-order valence-electron chi connectivity index (χ3n) is 4.43. The van der Waals surface area contributed by atoms with E-state index in [2.05, 4.69) is 5.32 Å². The van der Waals surface area contributed by atoms with E-state index in [1.165, 1.54) is 18.7 Å². The fourth-order valence-corrected chi connectivity index (χ4v) is 4.51. The van der Waals surface area contributed by atoms with Gasteiger partial charge in [-0.2, -0.15) is 0 Å². The summed E-state index contributed by atoms with van der Waals surface area (Å²) in [7, 11) is 0. The topological polar surface area (TPSA) is 130 Å². The number of ether oxygens (including phenoxy) is 1. The number of aliphatic carboxylic acids is 1. The minimum atomic E-state index is -1.37. The van der Waals surface area contributed by atoms with Gasteiger partial charge in [-0.25, -0.2) is 4.79 Å². The lowest BCUT2D eigenvalue weighted by Crippen LogP contribution is -2.71. The van der Waals surface area contributed by atoms with Gasteiger partial charge in [-0.3, -0.25) is 24.1 Å². The normalized spacial score (nSPS) is 21.9. The average Bonchev–Trinajstić information content (AvgIpc) is 2.69. The molecule has 146 valence electrons. The molecule has 0 saturated carbocycles. The van der Waals surface area contributed by atoms with Gasteiger partial charge in [0.1, 0.15) is 17.1 Å². The van der Waals surface area contributed by atoms with Crippen molar-refractivity contribution in [3.05, 3.63) is 47.2 Å². The molecule has 3 rings (SSSR count). The van der Waals surface area contributed by atoms with Gasteiger partial charge in [-0.05, 0) is 6.92 Å². The number of hydrogen-bond donors (Lipinski definition) is 2. The molecule has 0 spiro atoms. The number of nitrogens with one attached hydrogen (secondary N) is 1. The largest absolute Gasteiger partial charge is 0.477 e. The van der Waals surface area contributed by atoms with E-state index in [-0.39, 0.29) is 23.5 Å². The Hall–Kier alpha value is -3.14. The molecule has 0 aliphatic carbocycles. The number of ketones is 1. The monoisotopic (exact) mass is 404 g/mol. The van der Waals surface area contributed by atoms with E-state index >= 15 is 0 Å². The summed E-state index contributed by atoms with van der Waals surface area (Å²) in [6.45, 7) is 1.38. The van der Waals surface area contributed by atoms with E-state index in [0.717, 1.165) is 4.90 Å². The maximum absolute atomic E-state index is 12.6. The average molecular weight is 404 g/mol. The minimum absolute atomic E-state index is 0.0540. The second kappa shape index (κ2) is 7.85. The molecule has 1 saturated heterocycles. The number of carboxylic acids is 1. The van der Waals surface area contributed by atoms with Crippen LogP contribution in [0.2, 0.25) is 0 Å². The molecule has 1 fully saturated rings. The molecule has 28 heavy (non-hydrogen) atoms. The molecule has 1 aromatic rings.